The molecule has 0 aliphatic rings. The summed E-state index contributed by atoms with van der Waals surface area (Å²) in [4.78, 5) is 10.5. The molecule has 0 radical (unpaired) electrons. The first-order chi connectivity index (χ1) is 6.63. The van der Waals surface area contributed by atoms with Gasteiger partial charge < -0.3 is 4.74 Å². The Hall–Kier alpha value is -2.08. The van der Waals surface area contributed by atoms with Crippen LogP contribution < -0.4 is 0 Å². The van der Waals surface area contributed by atoms with Crippen LogP contribution in [-0.2, 0) is 9.53 Å². The molecule has 0 fully saturated rings. The highest BCUT2D eigenvalue weighted by molar-refractivity contribution is 5.90. The molecule has 0 bridgehead atoms. The van der Waals surface area contributed by atoms with E-state index in [1.807, 2.05) is 0 Å². The molecule has 0 amide bonds. The van der Waals surface area contributed by atoms with Gasteiger partial charge in [-0.15, -0.1) is 0 Å². The van der Waals surface area contributed by atoms with Crippen LogP contribution in [0, 0.1) is 11.3 Å². The summed E-state index contributed by atoms with van der Waals surface area (Å²) in [7, 11) is 1.26. The van der Waals surface area contributed by atoms with Crippen LogP contribution in [0.1, 0.15) is 0 Å². The van der Waals surface area contributed by atoms with E-state index in [1.165, 1.54) is 19.3 Å². The van der Waals surface area contributed by atoms with Gasteiger partial charge in [-0.25, -0.2) is 4.79 Å². The van der Waals surface area contributed by atoms with Gasteiger partial charge in [-0.05, 0) is 6.08 Å². The predicted molar refractivity (Wildman–Crippen MR) is 56.3 cm³/mol. The SMILES string of the molecule is C=C(C=CC#N)C(=O)OC.C=CC=C. The fraction of sp³-hybridized carbons (Fsp3) is 0.0909. The van der Waals surface area contributed by atoms with Crippen molar-refractivity contribution in [3.8, 4) is 6.07 Å². The molecule has 14 heavy (non-hydrogen) atoms. The number of hydrogen-bond donors (Lipinski definition) is 0. The summed E-state index contributed by atoms with van der Waals surface area (Å²) in [5.74, 6) is -0.522. The lowest BCUT2D eigenvalue weighted by atomic mass is 10.3. The molecule has 0 aromatic heterocycles. The smallest absolute Gasteiger partial charge is 0.337 e. The van der Waals surface area contributed by atoms with E-state index in [0.717, 1.165) is 0 Å². The molecule has 0 unspecified atom stereocenters. The average molecular weight is 191 g/mol. The van der Waals surface area contributed by atoms with Crippen molar-refractivity contribution in [2.75, 3.05) is 7.11 Å². The van der Waals surface area contributed by atoms with Crippen LogP contribution >= 0.6 is 0 Å². The van der Waals surface area contributed by atoms with Gasteiger partial charge in [0.1, 0.15) is 0 Å². The average Bonchev–Trinajstić information content (AvgIpc) is 2.24. The number of nitriles is 1. The quantitative estimate of drug-likeness (QED) is 0.297. The van der Waals surface area contributed by atoms with E-state index < -0.39 is 5.97 Å². The third kappa shape index (κ3) is 9.92. The van der Waals surface area contributed by atoms with Gasteiger partial charge in [0.25, 0.3) is 0 Å². The molecular formula is C11H13NO2. The molecule has 0 saturated carbocycles. The van der Waals surface area contributed by atoms with Gasteiger partial charge in [-0.1, -0.05) is 31.9 Å². The Morgan fingerprint density at radius 1 is 1.43 bits per heavy atom. The number of carbonyl (C=O) groups excluding carboxylic acids is 1. The Bertz CT molecular complexity index is 276. The predicted octanol–water partition coefficient (Wildman–Crippen LogP) is 2.15. The molecule has 0 rings (SSSR count). The van der Waals surface area contributed by atoms with Crippen molar-refractivity contribution in [2.45, 2.75) is 0 Å². The van der Waals surface area contributed by atoms with Gasteiger partial charge in [0.2, 0.25) is 0 Å². The zero-order valence-corrected chi connectivity index (χ0v) is 8.19. The number of methoxy groups -OCH3 is 1. The van der Waals surface area contributed by atoms with Crippen molar-refractivity contribution in [1.82, 2.24) is 0 Å². The monoisotopic (exact) mass is 191 g/mol. The summed E-state index contributed by atoms with van der Waals surface area (Å²) in [5, 5.41) is 8.04. The van der Waals surface area contributed by atoms with Crippen molar-refractivity contribution >= 4 is 5.97 Å². The molecule has 0 heterocycles. The van der Waals surface area contributed by atoms with Crippen LogP contribution in [0.15, 0.2) is 49.6 Å². The minimum Gasteiger partial charge on any atom is -0.465 e. The van der Waals surface area contributed by atoms with Crippen molar-refractivity contribution < 1.29 is 9.53 Å². The highest BCUT2D eigenvalue weighted by atomic mass is 16.5. The number of allylic oxidation sites excluding steroid dienone is 3. The lowest BCUT2D eigenvalue weighted by Crippen LogP contribution is -2.00. The number of rotatable bonds is 3. The molecule has 0 aromatic rings. The van der Waals surface area contributed by atoms with Crippen molar-refractivity contribution in [2.24, 2.45) is 0 Å². The van der Waals surface area contributed by atoms with E-state index in [1.54, 1.807) is 18.2 Å². The Kier molecular flexibility index (Phi) is 11.3. The van der Waals surface area contributed by atoms with Gasteiger partial charge in [0.15, 0.2) is 0 Å². The van der Waals surface area contributed by atoms with Crippen molar-refractivity contribution in [1.29, 1.82) is 5.26 Å². The van der Waals surface area contributed by atoms with Gasteiger partial charge in [0, 0.05) is 6.08 Å². The van der Waals surface area contributed by atoms with E-state index in [-0.39, 0.29) is 5.57 Å². The molecule has 3 nitrogen and oxygen atoms in total. The molecule has 74 valence electrons. The number of hydrogen-bond acceptors (Lipinski definition) is 3. The number of carbonyl (C=O) groups is 1. The second-order valence-corrected chi connectivity index (χ2v) is 1.95. The van der Waals surface area contributed by atoms with Crippen LogP contribution in [0.5, 0.6) is 0 Å². The number of nitrogens with zero attached hydrogens (tertiary/aromatic N) is 1. The molecular weight excluding hydrogens is 178 g/mol. The molecule has 0 aromatic carbocycles. The van der Waals surface area contributed by atoms with Crippen LogP contribution in [0.4, 0.5) is 0 Å². The van der Waals surface area contributed by atoms with E-state index >= 15 is 0 Å². The van der Waals surface area contributed by atoms with Crippen LogP contribution in [0.3, 0.4) is 0 Å². The molecule has 0 saturated heterocycles. The van der Waals surface area contributed by atoms with E-state index in [9.17, 15) is 4.79 Å². The van der Waals surface area contributed by atoms with Crippen LogP contribution in [-0.4, -0.2) is 13.1 Å². The lowest BCUT2D eigenvalue weighted by molar-refractivity contribution is -0.135. The third-order valence-corrected chi connectivity index (χ3v) is 0.973. The van der Waals surface area contributed by atoms with E-state index in [2.05, 4.69) is 24.5 Å². The first kappa shape index (κ1) is 14.4. The second-order valence-electron chi connectivity index (χ2n) is 1.95. The lowest BCUT2D eigenvalue weighted by Gasteiger charge is -1.93. The number of ether oxygens (including phenoxy) is 1. The summed E-state index contributed by atoms with van der Waals surface area (Å²) in [5.41, 5.74) is 0.170. The Morgan fingerprint density at radius 3 is 2.21 bits per heavy atom. The van der Waals surface area contributed by atoms with Gasteiger partial charge in [-0.2, -0.15) is 5.26 Å². The highest BCUT2D eigenvalue weighted by Crippen LogP contribution is 1.94. The minimum absolute atomic E-state index is 0.170. The van der Waals surface area contributed by atoms with E-state index in [0.29, 0.717) is 0 Å². The first-order valence-electron chi connectivity index (χ1n) is 3.70. The fourth-order valence-corrected chi connectivity index (χ4v) is 0.337. The molecule has 0 atom stereocenters. The van der Waals surface area contributed by atoms with E-state index in [4.69, 9.17) is 5.26 Å². The standard InChI is InChI=1S/C7H7NO2.C4H6/c1-6(4-3-5-8)7(9)10-2;1-3-4-2/h3-4H,1H2,2H3;3-4H,1-2H2. The normalized spacial score (nSPS) is 7.71. The summed E-state index contributed by atoms with van der Waals surface area (Å²) in [6.45, 7) is 10.1. The Morgan fingerprint density at radius 2 is 1.93 bits per heavy atom. The maximum atomic E-state index is 10.5. The minimum atomic E-state index is -0.522. The van der Waals surface area contributed by atoms with Crippen molar-refractivity contribution in [3.05, 3.63) is 49.6 Å². The van der Waals surface area contributed by atoms with Crippen molar-refractivity contribution in [3.63, 3.8) is 0 Å². The zero-order chi connectivity index (χ0) is 11.4. The summed E-state index contributed by atoms with van der Waals surface area (Å²) >= 11 is 0. The summed E-state index contributed by atoms with van der Waals surface area (Å²) < 4.78 is 4.31. The molecule has 0 aliphatic carbocycles. The third-order valence-electron chi connectivity index (χ3n) is 0.973. The molecule has 0 spiro atoms. The Labute approximate surface area is 84.3 Å². The highest BCUT2D eigenvalue weighted by Gasteiger charge is 1.99. The van der Waals surface area contributed by atoms with Gasteiger partial charge in [-0.3, -0.25) is 0 Å². The summed E-state index contributed by atoms with van der Waals surface area (Å²) in [6, 6.07) is 1.73. The van der Waals surface area contributed by atoms with Gasteiger partial charge in [0.05, 0.1) is 18.8 Å². The summed E-state index contributed by atoms with van der Waals surface area (Å²) in [6.07, 6.45) is 5.74. The topological polar surface area (TPSA) is 50.1 Å². The maximum absolute atomic E-state index is 10.5. The first-order valence-corrected chi connectivity index (χ1v) is 3.70. The molecule has 3 heteroatoms. The second kappa shape index (κ2) is 10.9. The van der Waals surface area contributed by atoms with Crippen LogP contribution in [0.25, 0.3) is 0 Å². The van der Waals surface area contributed by atoms with Crippen LogP contribution in [0.2, 0.25) is 0 Å². The zero-order valence-electron chi connectivity index (χ0n) is 8.19. The maximum Gasteiger partial charge on any atom is 0.337 e. The molecule has 0 aliphatic heterocycles. The molecule has 0 N–H and O–H groups in total. The fourth-order valence-electron chi connectivity index (χ4n) is 0.337. The van der Waals surface area contributed by atoms with Gasteiger partial charge >= 0.3 is 5.97 Å². The Balaban J connectivity index is 0. The largest absolute Gasteiger partial charge is 0.465 e. The number of esters is 1.